The van der Waals surface area contributed by atoms with Crippen molar-refractivity contribution in [2.75, 3.05) is 26.0 Å². The van der Waals surface area contributed by atoms with Crippen LogP contribution in [0.1, 0.15) is 12.8 Å². The third-order valence-electron chi connectivity index (χ3n) is 3.53. The molecule has 3 rings (SSSR count). The van der Waals surface area contributed by atoms with E-state index in [-0.39, 0.29) is 0 Å². The number of imidazole rings is 1. The van der Waals surface area contributed by atoms with Gasteiger partial charge in [-0.2, -0.15) is 0 Å². The van der Waals surface area contributed by atoms with E-state index >= 15 is 0 Å². The number of fused-ring (bicyclic) bond motifs is 1. The van der Waals surface area contributed by atoms with E-state index in [1.807, 2.05) is 0 Å². The van der Waals surface area contributed by atoms with Gasteiger partial charge in [0.1, 0.15) is 11.8 Å². The van der Waals surface area contributed by atoms with E-state index in [9.17, 15) is 0 Å². The Hall–Kier alpha value is -1.69. The number of nitrogens with zero attached hydrogens (tertiary/aromatic N) is 4. The molecule has 0 aliphatic heterocycles. The van der Waals surface area contributed by atoms with Crippen LogP contribution in [0.2, 0.25) is 0 Å². The van der Waals surface area contributed by atoms with Crippen LogP contribution in [-0.4, -0.2) is 51.5 Å². The van der Waals surface area contributed by atoms with Crippen LogP contribution in [-0.2, 0) is 0 Å². The Labute approximate surface area is 106 Å². The predicted octanol–water partition coefficient (Wildman–Crippen LogP) is 1.10. The first kappa shape index (κ1) is 11.4. The number of likely N-dealkylation sites (N-methyl/N-ethyl adjacent to an activating group) is 1. The Morgan fingerprint density at radius 2 is 2.22 bits per heavy atom. The quantitative estimate of drug-likeness (QED) is 0.827. The minimum absolute atomic E-state index is 0.568. The molecule has 0 saturated heterocycles. The van der Waals surface area contributed by atoms with Gasteiger partial charge in [0.2, 0.25) is 0 Å². The van der Waals surface area contributed by atoms with Gasteiger partial charge in [-0.1, -0.05) is 0 Å². The summed E-state index contributed by atoms with van der Waals surface area (Å²) < 4.78 is 0. The van der Waals surface area contributed by atoms with Gasteiger partial charge in [-0.05, 0) is 32.9 Å². The van der Waals surface area contributed by atoms with E-state index in [0.717, 1.165) is 23.8 Å². The zero-order valence-electron chi connectivity index (χ0n) is 10.7. The molecule has 0 radical (unpaired) electrons. The highest BCUT2D eigenvalue weighted by molar-refractivity contribution is 5.81. The van der Waals surface area contributed by atoms with Crippen LogP contribution >= 0.6 is 0 Å². The zero-order chi connectivity index (χ0) is 12.5. The molecule has 6 nitrogen and oxygen atoms in total. The van der Waals surface area contributed by atoms with Gasteiger partial charge in [-0.3, -0.25) is 0 Å². The van der Waals surface area contributed by atoms with Crippen LogP contribution in [0.4, 0.5) is 5.82 Å². The molecule has 2 aromatic heterocycles. The van der Waals surface area contributed by atoms with Crippen LogP contribution in [0.15, 0.2) is 12.7 Å². The highest BCUT2D eigenvalue weighted by Gasteiger charge is 2.32. The van der Waals surface area contributed by atoms with Gasteiger partial charge in [-0.15, -0.1) is 0 Å². The van der Waals surface area contributed by atoms with Crippen molar-refractivity contribution in [1.29, 1.82) is 0 Å². The van der Waals surface area contributed by atoms with Gasteiger partial charge in [0.15, 0.2) is 11.5 Å². The Kier molecular flexibility index (Phi) is 2.87. The number of rotatable bonds is 5. The normalized spacial score (nSPS) is 17.3. The molecule has 1 aliphatic carbocycles. The van der Waals surface area contributed by atoms with Crippen molar-refractivity contribution in [2.24, 2.45) is 5.92 Å². The van der Waals surface area contributed by atoms with Crippen LogP contribution in [0, 0.1) is 5.92 Å². The molecule has 0 spiro atoms. The second-order valence-corrected chi connectivity index (χ2v) is 5.07. The lowest BCUT2D eigenvalue weighted by molar-refractivity contribution is 0.276. The predicted molar refractivity (Wildman–Crippen MR) is 70.4 cm³/mol. The van der Waals surface area contributed by atoms with Gasteiger partial charge in [0.05, 0.1) is 6.33 Å². The molecule has 2 heterocycles. The van der Waals surface area contributed by atoms with Crippen molar-refractivity contribution in [3.05, 3.63) is 12.7 Å². The van der Waals surface area contributed by atoms with E-state index in [0.29, 0.717) is 11.7 Å². The maximum absolute atomic E-state index is 4.28. The summed E-state index contributed by atoms with van der Waals surface area (Å²) in [5.41, 5.74) is 1.59. The Bertz CT molecular complexity index is 528. The first-order chi connectivity index (χ1) is 8.75. The van der Waals surface area contributed by atoms with Gasteiger partial charge < -0.3 is 15.2 Å². The molecule has 6 heteroatoms. The van der Waals surface area contributed by atoms with Crippen molar-refractivity contribution < 1.29 is 0 Å². The number of nitrogens with one attached hydrogen (secondary N) is 2. The van der Waals surface area contributed by atoms with Crippen molar-refractivity contribution >= 4 is 17.0 Å². The first-order valence-electron chi connectivity index (χ1n) is 6.30. The highest BCUT2D eigenvalue weighted by atomic mass is 15.2. The van der Waals surface area contributed by atoms with E-state index in [1.165, 1.54) is 12.8 Å². The summed E-state index contributed by atoms with van der Waals surface area (Å²) in [6.07, 6.45) is 5.88. The molecule has 1 unspecified atom stereocenters. The Morgan fingerprint density at radius 3 is 2.94 bits per heavy atom. The largest absolute Gasteiger partial charge is 0.367 e. The Morgan fingerprint density at radius 1 is 1.39 bits per heavy atom. The fourth-order valence-corrected chi connectivity index (χ4v) is 2.35. The lowest BCUT2D eigenvalue weighted by Crippen LogP contribution is -2.36. The summed E-state index contributed by atoms with van der Waals surface area (Å²) in [5, 5.41) is 3.41. The van der Waals surface area contributed by atoms with Gasteiger partial charge in [0, 0.05) is 12.6 Å². The summed E-state index contributed by atoms with van der Waals surface area (Å²) in [7, 11) is 4.27. The van der Waals surface area contributed by atoms with Crippen LogP contribution < -0.4 is 5.32 Å². The highest BCUT2D eigenvalue weighted by Crippen LogP contribution is 2.34. The summed E-state index contributed by atoms with van der Waals surface area (Å²) in [6.45, 7) is 0.906. The van der Waals surface area contributed by atoms with Gasteiger partial charge >= 0.3 is 0 Å². The molecule has 0 bridgehead atoms. The smallest absolute Gasteiger partial charge is 0.182 e. The van der Waals surface area contributed by atoms with Crippen molar-refractivity contribution in [1.82, 2.24) is 24.8 Å². The second kappa shape index (κ2) is 4.53. The molecule has 1 aliphatic rings. The molecule has 1 fully saturated rings. The summed E-state index contributed by atoms with van der Waals surface area (Å²) in [4.78, 5) is 17.9. The molecule has 2 aromatic rings. The monoisotopic (exact) mass is 246 g/mol. The minimum Gasteiger partial charge on any atom is -0.367 e. The van der Waals surface area contributed by atoms with E-state index in [1.54, 1.807) is 12.7 Å². The van der Waals surface area contributed by atoms with E-state index in [4.69, 9.17) is 0 Å². The molecule has 18 heavy (non-hydrogen) atoms. The fraction of sp³-hybridized carbons (Fsp3) is 0.583. The van der Waals surface area contributed by atoms with Crippen molar-refractivity contribution in [3.63, 3.8) is 0 Å². The van der Waals surface area contributed by atoms with Crippen molar-refractivity contribution in [3.8, 4) is 0 Å². The summed E-state index contributed by atoms with van der Waals surface area (Å²) >= 11 is 0. The number of anilines is 1. The SMILES string of the molecule is CN(C)C(CNc1ncnc2nc[nH]c12)C1CC1. The molecular formula is C12H18N6. The standard InChI is InChI=1S/C12H18N6/c1-18(2)9(8-3-4-8)5-13-11-10-12(15-6-14-10)17-7-16-11/h6-9H,3-5H2,1-2H3,(H2,13,14,15,16,17). The summed E-state index contributed by atoms with van der Waals surface area (Å²) in [5.74, 6) is 1.66. The first-order valence-corrected chi connectivity index (χ1v) is 6.30. The van der Waals surface area contributed by atoms with Gasteiger partial charge in [-0.25, -0.2) is 15.0 Å². The topological polar surface area (TPSA) is 69.7 Å². The number of hydrogen-bond acceptors (Lipinski definition) is 5. The average molecular weight is 246 g/mol. The average Bonchev–Trinajstić information content (AvgIpc) is 3.06. The minimum atomic E-state index is 0.568. The lowest BCUT2D eigenvalue weighted by Gasteiger charge is -2.24. The third-order valence-corrected chi connectivity index (χ3v) is 3.53. The number of H-pyrrole nitrogens is 1. The fourth-order valence-electron chi connectivity index (χ4n) is 2.35. The zero-order valence-corrected chi connectivity index (χ0v) is 10.7. The molecule has 96 valence electrons. The van der Waals surface area contributed by atoms with E-state index < -0.39 is 0 Å². The maximum Gasteiger partial charge on any atom is 0.182 e. The van der Waals surface area contributed by atoms with Crippen LogP contribution in [0.3, 0.4) is 0 Å². The molecule has 1 atom stereocenters. The van der Waals surface area contributed by atoms with Gasteiger partial charge in [0.25, 0.3) is 0 Å². The summed E-state index contributed by atoms with van der Waals surface area (Å²) in [6, 6.07) is 0.568. The number of aromatic amines is 1. The molecule has 1 saturated carbocycles. The molecular weight excluding hydrogens is 228 g/mol. The third kappa shape index (κ3) is 2.15. The number of aromatic nitrogens is 4. The maximum atomic E-state index is 4.28. The molecule has 2 N–H and O–H groups in total. The molecule has 0 amide bonds. The molecule has 0 aromatic carbocycles. The van der Waals surface area contributed by atoms with Crippen molar-refractivity contribution in [2.45, 2.75) is 18.9 Å². The lowest BCUT2D eigenvalue weighted by atomic mass is 10.1. The van der Waals surface area contributed by atoms with E-state index in [2.05, 4.69) is 44.2 Å². The Balaban J connectivity index is 1.74. The van der Waals surface area contributed by atoms with Crippen LogP contribution in [0.5, 0.6) is 0 Å². The number of hydrogen-bond donors (Lipinski definition) is 2. The van der Waals surface area contributed by atoms with Crippen LogP contribution in [0.25, 0.3) is 11.2 Å². The second-order valence-electron chi connectivity index (χ2n) is 5.07.